The van der Waals surface area contributed by atoms with E-state index in [0.29, 0.717) is 6.54 Å². The van der Waals surface area contributed by atoms with Gasteiger partial charge in [-0.25, -0.2) is 4.98 Å². The van der Waals surface area contributed by atoms with Gasteiger partial charge in [-0.05, 0) is 30.8 Å². The second-order valence-corrected chi connectivity index (χ2v) is 5.80. The van der Waals surface area contributed by atoms with Crippen LogP contribution in [0.4, 0.5) is 0 Å². The van der Waals surface area contributed by atoms with Crippen LogP contribution in [0.3, 0.4) is 0 Å². The summed E-state index contributed by atoms with van der Waals surface area (Å²) >= 11 is 7.81. The van der Waals surface area contributed by atoms with Gasteiger partial charge in [-0.3, -0.25) is 0 Å². The van der Waals surface area contributed by atoms with E-state index in [0.717, 1.165) is 32.7 Å². The molecular weight excluding hydrogens is 290 g/mol. The van der Waals surface area contributed by atoms with Crippen LogP contribution in [0.2, 0.25) is 5.02 Å². The minimum Gasteiger partial charge on any atom is -0.330 e. The van der Waals surface area contributed by atoms with E-state index in [-0.39, 0.29) is 0 Å². The van der Waals surface area contributed by atoms with Crippen LogP contribution in [0.5, 0.6) is 0 Å². The number of hydrogen-bond donors (Lipinski definition) is 1. The minimum absolute atomic E-state index is 0.596. The smallest absolute Gasteiger partial charge is 0.138 e. The molecule has 2 N–H and O–H groups in total. The van der Waals surface area contributed by atoms with Crippen LogP contribution >= 0.6 is 23.4 Å². The van der Waals surface area contributed by atoms with Crippen LogP contribution < -0.4 is 5.73 Å². The molecule has 5 heteroatoms. The molecule has 0 atom stereocenters. The Bertz CT molecular complexity index is 739. The van der Waals surface area contributed by atoms with Crippen LogP contribution in [0, 0.1) is 0 Å². The van der Waals surface area contributed by atoms with Gasteiger partial charge in [0.05, 0.1) is 10.7 Å². The third kappa shape index (κ3) is 2.54. The maximum Gasteiger partial charge on any atom is 0.138 e. The molecule has 0 fully saturated rings. The predicted molar refractivity (Wildman–Crippen MR) is 83.5 cm³/mol. The van der Waals surface area contributed by atoms with Crippen molar-refractivity contribution in [2.75, 3.05) is 6.54 Å². The standard InChI is InChI=1S/C15H14ClN3S/c16-11-5-1-2-6-13(11)20-15-12(8-9-17)19-10-4-3-7-14(19)18-15/h1-7,10H,8-9,17H2. The Morgan fingerprint density at radius 3 is 2.75 bits per heavy atom. The number of hydrogen-bond acceptors (Lipinski definition) is 3. The Morgan fingerprint density at radius 1 is 1.15 bits per heavy atom. The number of halogens is 1. The Kier molecular flexibility index (Phi) is 3.96. The highest BCUT2D eigenvalue weighted by molar-refractivity contribution is 7.99. The van der Waals surface area contributed by atoms with Gasteiger partial charge in [0.1, 0.15) is 10.7 Å². The number of rotatable bonds is 4. The number of aromatic nitrogens is 2. The molecule has 102 valence electrons. The molecule has 0 aliphatic carbocycles. The van der Waals surface area contributed by atoms with Crippen molar-refractivity contribution < 1.29 is 0 Å². The normalized spacial score (nSPS) is 11.1. The van der Waals surface area contributed by atoms with Gasteiger partial charge < -0.3 is 10.1 Å². The molecular formula is C15H14ClN3S. The number of pyridine rings is 1. The van der Waals surface area contributed by atoms with Gasteiger partial charge >= 0.3 is 0 Å². The Morgan fingerprint density at radius 2 is 1.95 bits per heavy atom. The molecule has 3 aromatic rings. The van der Waals surface area contributed by atoms with Crippen molar-refractivity contribution in [1.82, 2.24) is 9.38 Å². The first kappa shape index (κ1) is 13.5. The molecule has 0 saturated heterocycles. The molecule has 2 heterocycles. The molecule has 0 aliphatic rings. The number of nitrogens with zero attached hydrogens (tertiary/aromatic N) is 2. The van der Waals surface area contributed by atoms with E-state index >= 15 is 0 Å². The molecule has 0 spiro atoms. The van der Waals surface area contributed by atoms with Crippen molar-refractivity contribution in [3.63, 3.8) is 0 Å². The molecule has 0 saturated carbocycles. The van der Waals surface area contributed by atoms with Crippen LogP contribution in [0.15, 0.2) is 58.6 Å². The zero-order chi connectivity index (χ0) is 13.9. The fourth-order valence-corrected chi connectivity index (χ4v) is 3.33. The van der Waals surface area contributed by atoms with Gasteiger partial charge in [0.25, 0.3) is 0 Å². The van der Waals surface area contributed by atoms with E-state index in [1.54, 1.807) is 11.8 Å². The lowest BCUT2D eigenvalue weighted by Gasteiger charge is -2.04. The van der Waals surface area contributed by atoms with Crippen molar-refractivity contribution in [1.29, 1.82) is 0 Å². The molecule has 1 aromatic carbocycles. The van der Waals surface area contributed by atoms with Crippen molar-refractivity contribution in [2.24, 2.45) is 5.73 Å². The summed E-state index contributed by atoms with van der Waals surface area (Å²) in [5, 5.41) is 1.71. The Balaban J connectivity index is 2.06. The first-order valence-corrected chi connectivity index (χ1v) is 7.57. The van der Waals surface area contributed by atoms with Gasteiger partial charge in [0, 0.05) is 17.5 Å². The van der Waals surface area contributed by atoms with E-state index in [1.165, 1.54) is 0 Å². The molecule has 0 radical (unpaired) electrons. The topological polar surface area (TPSA) is 43.3 Å². The summed E-state index contributed by atoms with van der Waals surface area (Å²) in [7, 11) is 0. The average molecular weight is 304 g/mol. The predicted octanol–water partition coefficient (Wildman–Crippen LogP) is 3.64. The van der Waals surface area contributed by atoms with Crippen LogP contribution in [0.1, 0.15) is 5.69 Å². The summed E-state index contributed by atoms with van der Waals surface area (Å²) in [6, 6.07) is 13.8. The fraction of sp³-hybridized carbons (Fsp3) is 0.133. The second-order valence-electron chi connectivity index (χ2n) is 4.36. The minimum atomic E-state index is 0.596. The van der Waals surface area contributed by atoms with Crippen LogP contribution in [-0.4, -0.2) is 15.9 Å². The van der Waals surface area contributed by atoms with Gasteiger partial charge in [-0.2, -0.15) is 0 Å². The quantitative estimate of drug-likeness (QED) is 0.800. The fourth-order valence-electron chi connectivity index (χ4n) is 2.10. The van der Waals surface area contributed by atoms with Crippen molar-refractivity contribution >= 4 is 29.0 Å². The summed E-state index contributed by atoms with van der Waals surface area (Å²) in [5.74, 6) is 0. The zero-order valence-corrected chi connectivity index (χ0v) is 12.4. The summed E-state index contributed by atoms with van der Waals surface area (Å²) in [5.41, 5.74) is 7.79. The molecule has 0 unspecified atom stereocenters. The van der Waals surface area contributed by atoms with Crippen molar-refractivity contribution in [3.8, 4) is 0 Å². The maximum absolute atomic E-state index is 6.22. The van der Waals surface area contributed by atoms with Gasteiger partial charge in [0.15, 0.2) is 0 Å². The van der Waals surface area contributed by atoms with E-state index in [9.17, 15) is 0 Å². The highest BCUT2D eigenvalue weighted by Gasteiger charge is 2.13. The van der Waals surface area contributed by atoms with Gasteiger partial charge in [-0.15, -0.1) is 0 Å². The van der Waals surface area contributed by atoms with E-state index in [2.05, 4.69) is 9.38 Å². The number of benzene rings is 1. The number of fused-ring (bicyclic) bond motifs is 1. The highest BCUT2D eigenvalue weighted by atomic mass is 35.5. The Labute approximate surface area is 126 Å². The first-order valence-electron chi connectivity index (χ1n) is 6.38. The largest absolute Gasteiger partial charge is 0.330 e. The van der Waals surface area contributed by atoms with Crippen LogP contribution in [-0.2, 0) is 6.42 Å². The second kappa shape index (κ2) is 5.87. The lowest BCUT2D eigenvalue weighted by atomic mass is 10.3. The summed E-state index contributed by atoms with van der Waals surface area (Å²) < 4.78 is 2.09. The van der Waals surface area contributed by atoms with Gasteiger partial charge in [-0.1, -0.05) is 41.6 Å². The zero-order valence-electron chi connectivity index (χ0n) is 10.8. The molecule has 0 amide bonds. The van der Waals surface area contributed by atoms with E-state index in [4.69, 9.17) is 17.3 Å². The number of imidazole rings is 1. The summed E-state index contributed by atoms with van der Waals surface area (Å²) in [6.07, 6.45) is 2.81. The lowest BCUT2D eigenvalue weighted by molar-refractivity contribution is 0.876. The van der Waals surface area contributed by atoms with Crippen molar-refractivity contribution in [2.45, 2.75) is 16.3 Å². The molecule has 3 nitrogen and oxygen atoms in total. The van der Waals surface area contributed by atoms with E-state index in [1.807, 2.05) is 48.7 Å². The first-order chi connectivity index (χ1) is 9.79. The summed E-state index contributed by atoms with van der Waals surface area (Å²) in [4.78, 5) is 5.69. The lowest BCUT2D eigenvalue weighted by Crippen LogP contribution is -2.05. The molecule has 0 bridgehead atoms. The average Bonchev–Trinajstić information content (AvgIpc) is 2.80. The third-order valence-electron chi connectivity index (χ3n) is 3.02. The SMILES string of the molecule is NCCc1c(Sc2ccccc2Cl)nc2ccccn12. The van der Waals surface area contributed by atoms with Crippen molar-refractivity contribution in [3.05, 3.63) is 59.4 Å². The van der Waals surface area contributed by atoms with Crippen LogP contribution in [0.25, 0.3) is 5.65 Å². The maximum atomic E-state index is 6.22. The highest BCUT2D eigenvalue weighted by Crippen LogP contribution is 2.34. The molecule has 0 aliphatic heterocycles. The van der Waals surface area contributed by atoms with E-state index < -0.39 is 0 Å². The molecule has 20 heavy (non-hydrogen) atoms. The molecule has 3 rings (SSSR count). The third-order valence-corrected chi connectivity index (χ3v) is 4.55. The number of nitrogens with two attached hydrogens (primary N) is 1. The summed E-state index contributed by atoms with van der Waals surface area (Å²) in [6.45, 7) is 0.596. The van der Waals surface area contributed by atoms with Gasteiger partial charge in [0.2, 0.25) is 0 Å². The monoisotopic (exact) mass is 303 g/mol. The molecule has 2 aromatic heterocycles. The Hall–Kier alpha value is -1.49.